The van der Waals surface area contributed by atoms with Crippen molar-refractivity contribution in [3.8, 4) is 0 Å². The van der Waals surface area contributed by atoms with Crippen LogP contribution in [-0.2, 0) is 12.7 Å². The van der Waals surface area contributed by atoms with Crippen LogP contribution < -0.4 is 10.2 Å². The van der Waals surface area contributed by atoms with E-state index in [1.54, 1.807) is 28.8 Å². The van der Waals surface area contributed by atoms with Gasteiger partial charge in [-0.15, -0.1) is 0 Å². The Morgan fingerprint density at radius 1 is 1.28 bits per heavy atom. The molecule has 0 saturated carbocycles. The number of anilines is 2. The van der Waals surface area contributed by atoms with E-state index in [1.165, 1.54) is 12.1 Å². The SMILES string of the molecule is [B]C(=O)Nc1ccn(CCN(C)c2ccc(C(F)(F)F)cc2)c1C=O. The summed E-state index contributed by atoms with van der Waals surface area (Å²) in [7, 11) is 6.77. The minimum absolute atomic E-state index is 0.264. The predicted octanol–water partition coefficient (Wildman–Crippen LogP) is 3.16. The van der Waals surface area contributed by atoms with Gasteiger partial charge >= 0.3 is 6.18 Å². The third-order valence-corrected chi connectivity index (χ3v) is 3.69. The molecule has 2 rings (SSSR count). The van der Waals surface area contributed by atoms with Crippen molar-refractivity contribution in [2.75, 3.05) is 23.8 Å². The van der Waals surface area contributed by atoms with Crippen LogP contribution in [-0.4, -0.2) is 38.1 Å². The van der Waals surface area contributed by atoms with Crippen LogP contribution in [0.4, 0.5) is 29.3 Å². The maximum Gasteiger partial charge on any atom is 0.416 e. The molecule has 5 nitrogen and oxygen atoms in total. The Hall–Kier alpha value is -2.71. The number of aldehydes is 1. The van der Waals surface area contributed by atoms with Gasteiger partial charge in [-0.25, -0.2) is 0 Å². The molecule has 0 unspecified atom stereocenters. The molecule has 2 radical (unpaired) electrons. The Balaban J connectivity index is 2.05. The van der Waals surface area contributed by atoms with E-state index >= 15 is 0 Å². The number of nitrogens with one attached hydrogen (secondary N) is 1. The molecular weight excluding hydrogens is 334 g/mol. The van der Waals surface area contributed by atoms with E-state index in [1.807, 2.05) is 0 Å². The summed E-state index contributed by atoms with van der Waals surface area (Å²) >= 11 is 0. The number of carbonyl (C=O) groups is 2. The van der Waals surface area contributed by atoms with Gasteiger partial charge in [0, 0.05) is 32.0 Å². The third kappa shape index (κ3) is 4.65. The van der Waals surface area contributed by atoms with E-state index in [0.717, 1.165) is 12.1 Å². The first-order valence-electron chi connectivity index (χ1n) is 7.31. The molecule has 1 aromatic carbocycles. The topological polar surface area (TPSA) is 54.3 Å². The Kier molecular flexibility index (Phi) is 5.56. The molecule has 0 spiro atoms. The average molecular weight is 349 g/mol. The molecule has 2 aromatic rings. The smallest absolute Gasteiger partial charge is 0.373 e. The van der Waals surface area contributed by atoms with Crippen LogP contribution in [0.5, 0.6) is 0 Å². The fourth-order valence-electron chi connectivity index (χ4n) is 2.34. The molecule has 0 aliphatic carbocycles. The van der Waals surface area contributed by atoms with Crippen LogP contribution in [0.1, 0.15) is 16.1 Å². The standard InChI is InChI=1S/C16H15BF3N3O2/c1-22(12-4-2-11(3-5-12)16(18,19)20)8-9-23-7-6-13(14(23)10-24)21-15(17)25/h2-7,10H,8-9H2,1H3,(H,21,25). The number of likely N-dealkylation sites (N-methyl/N-ethyl adjacent to an activating group) is 1. The highest BCUT2D eigenvalue weighted by Crippen LogP contribution is 2.30. The second-order valence-corrected chi connectivity index (χ2v) is 5.38. The molecule has 130 valence electrons. The molecule has 1 heterocycles. The fraction of sp³-hybridized carbons (Fsp3) is 0.250. The van der Waals surface area contributed by atoms with Crippen molar-refractivity contribution < 1.29 is 22.8 Å². The first-order chi connectivity index (χ1) is 11.7. The molecular formula is C16H15BF3N3O2. The van der Waals surface area contributed by atoms with Crippen LogP contribution in [0, 0.1) is 0 Å². The summed E-state index contributed by atoms with van der Waals surface area (Å²) in [4.78, 5) is 23.9. The van der Waals surface area contributed by atoms with Crippen LogP contribution >= 0.6 is 0 Å². The van der Waals surface area contributed by atoms with Crippen molar-refractivity contribution in [2.24, 2.45) is 0 Å². The van der Waals surface area contributed by atoms with Crippen LogP contribution in [0.3, 0.4) is 0 Å². The van der Waals surface area contributed by atoms with E-state index in [2.05, 4.69) is 5.32 Å². The molecule has 0 fully saturated rings. The molecule has 25 heavy (non-hydrogen) atoms. The van der Waals surface area contributed by atoms with Gasteiger partial charge in [-0.1, -0.05) is 0 Å². The molecule has 0 aliphatic heterocycles. The average Bonchev–Trinajstić information content (AvgIpc) is 2.92. The number of hydrogen-bond donors (Lipinski definition) is 1. The number of aromatic nitrogens is 1. The summed E-state index contributed by atoms with van der Waals surface area (Å²) in [5.74, 6) is -0.775. The zero-order chi connectivity index (χ0) is 18.6. The van der Waals surface area contributed by atoms with Crippen molar-refractivity contribution in [2.45, 2.75) is 12.7 Å². The van der Waals surface area contributed by atoms with E-state index in [0.29, 0.717) is 30.8 Å². The molecule has 1 amide bonds. The number of halogens is 3. The maximum absolute atomic E-state index is 12.6. The second kappa shape index (κ2) is 7.46. The molecule has 0 bridgehead atoms. The first-order valence-corrected chi connectivity index (χ1v) is 7.31. The van der Waals surface area contributed by atoms with Crippen LogP contribution in [0.15, 0.2) is 36.5 Å². The zero-order valence-electron chi connectivity index (χ0n) is 13.4. The third-order valence-electron chi connectivity index (χ3n) is 3.69. The molecule has 0 atom stereocenters. The van der Waals surface area contributed by atoms with Gasteiger partial charge in [-0.2, -0.15) is 13.2 Å². The van der Waals surface area contributed by atoms with Crippen molar-refractivity contribution >= 4 is 31.3 Å². The number of nitrogens with zero attached hydrogens (tertiary/aromatic N) is 2. The monoisotopic (exact) mass is 349 g/mol. The lowest BCUT2D eigenvalue weighted by molar-refractivity contribution is -0.137. The van der Waals surface area contributed by atoms with Gasteiger partial charge in [0.25, 0.3) is 0 Å². The first kappa shape index (κ1) is 18.6. The van der Waals surface area contributed by atoms with E-state index < -0.39 is 17.5 Å². The van der Waals surface area contributed by atoms with Gasteiger partial charge in [-0.05, 0) is 30.3 Å². The fourth-order valence-corrected chi connectivity index (χ4v) is 2.34. The lowest BCUT2D eigenvalue weighted by Gasteiger charge is -2.20. The Bertz CT molecular complexity index is 757. The van der Waals surface area contributed by atoms with E-state index in [4.69, 9.17) is 7.85 Å². The van der Waals surface area contributed by atoms with Crippen molar-refractivity contribution in [3.05, 3.63) is 47.8 Å². The highest BCUT2D eigenvalue weighted by atomic mass is 19.4. The van der Waals surface area contributed by atoms with Gasteiger partial charge in [0.05, 0.1) is 11.3 Å². The van der Waals surface area contributed by atoms with E-state index in [9.17, 15) is 22.8 Å². The molecule has 0 saturated heterocycles. The summed E-state index contributed by atoms with van der Waals surface area (Å²) in [6.45, 7) is 0.836. The van der Waals surface area contributed by atoms with Gasteiger partial charge in [-0.3, -0.25) is 9.59 Å². The molecule has 0 aliphatic rings. The summed E-state index contributed by atoms with van der Waals surface area (Å²) in [6, 6.07) is 6.37. The largest absolute Gasteiger partial charge is 0.416 e. The number of alkyl halides is 3. The number of carbonyl (C=O) groups excluding carboxylic acids is 2. The molecule has 9 heteroatoms. The Morgan fingerprint density at radius 3 is 2.44 bits per heavy atom. The Labute approximate surface area is 143 Å². The highest BCUT2D eigenvalue weighted by molar-refractivity contribution is 6.60. The Morgan fingerprint density at radius 2 is 1.92 bits per heavy atom. The summed E-state index contributed by atoms with van der Waals surface area (Å²) in [5.41, 5.74) is 0.475. The van der Waals surface area contributed by atoms with Gasteiger partial charge < -0.3 is 14.8 Å². The highest BCUT2D eigenvalue weighted by Gasteiger charge is 2.30. The molecule has 1 aromatic heterocycles. The molecule has 1 N–H and O–H groups in total. The number of benzene rings is 1. The summed E-state index contributed by atoms with van der Waals surface area (Å²) < 4.78 is 39.4. The van der Waals surface area contributed by atoms with Gasteiger partial charge in [0.1, 0.15) is 5.69 Å². The maximum atomic E-state index is 12.6. The number of amides is 1. The number of rotatable bonds is 6. The lowest BCUT2D eigenvalue weighted by atomic mass is 10.1. The minimum Gasteiger partial charge on any atom is -0.373 e. The zero-order valence-corrected chi connectivity index (χ0v) is 13.4. The number of hydrogen-bond acceptors (Lipinski definition) is 3. The summed E-state index contributed by atoms with van der Waals surface area (Å²) in [6.07, 6.45) is -2.15. The van der Waals surface area contributed by atoms with Crippen molar-refractivity contribution in [1.29, 1.82) is 0 Å². The predicted molar refractivity (Wildman–Crippen MR) is 89.3 cm³/mol. The lowest BCUT2D eigenvalue weighted by Crippen LogP contribution is -2.23. The van der Waals surface area contributed by atoms with E-state index in [-0.39, 0.29) is 5.69 Å². The second-order valence-electron chi connectivity index (χ2n) is 5.38. The van der Waals surface area contributed by atoms with Crippen molar-refractivity contribution in [1.82, 2.24) is 4.57 Å². The van der Waals surface area contributed by atoms with Gasteiger partial charge in [0.2, 0.25) is 7.85 Å². The van der Waals surface area contributed by atoms with Gasteiger partial charge in [0.15, 0.2) is 12.1 Å². The van der Waals surface area contributed by atoms with Crippen LogP contribution in [0.2, 0.25) is 0 Å². The van der Waals surface area contributed by atoms with Crippen molar-refractivity contribution in [3.63, 3.8) is 0 Å². The normalized spacial score (nSPS) is 11.2. The quantitative estimate of drug-likeness (QED) is 0.644. The summed E-state index contributed by atoms with van der Waals surface area (Å²) in [5, 5.41) is 2.35. The van der Waals surface area contributed by atoms with Crippen LogP contribution in [0.25, 0.3) is 0 Å². The minimum atomic E-state index is -4.37.